The number of esters is 1. The largest absolute Gasteiger partial charge is 0.508 e. The molecule has 0 aromatic heterocycles. The highest BCUT2D eigenvalue weighted by atomic mass is 16.5. The third-order valence-electron chi connectivity index (χ3n) is 3.18. The fourth-order valence-electron chi connectivity index (χ4n) is 1.94. The zero-order valence-electron chi connectivity index (χ0n) is 12.1. The van der Waals surface area contributed by atoms with Crippen LogP contribution in [0.3, 0.4) is 0 Å². The van der Waals surface area contributed by atoms with E-state index >= 15 is 0 Å². The number of aromatic hydroxyl groups is 1. The van der Waals surface area contributed by atoms with Crippen molar-refractivity contribution in [2.75, 3.05) is 20.7 Å². The zero-order chi connectivity index (χ0) is 15.1. The minimum absolute atomic E-state index is 0.0657. The van der Waals surface area contributed by atoms with E-state index in [0.717, 1.165) is 5.56 Å². The monoisotopic (exact) mass is 279 g/mol. The third-order valence-corrected chi connectivity index (χ3v) is 3.18. The molecular weight excluding hydrogens is 258 g/mol. The first kappa shape index (κ1) is 16.0. The summed E-state index contributed by atoms with van der Waals surface area (Å²) in [6, 6.07) is 6.95. The lowest BCUT2D eigenvalue weighted by atomic mass is 10.1. The lowest BCUT2D eigenvalue weighted by Crippen LogP contribution is -2.34. The Morgan fingerprint density at radius 1 is 1.35 bits per heavy atom. The molecule has 1 aromatic rings. The van der Waals surface area contributed by atoms with E-state index < -0.39 is 0 Å². The quantitative estimate of drug-likeness (QED) is 0.803. The van der Waals surface area contributed by atoms with Crippen molar-refractivity contribution in [1.82, 2.24) is 4.90 Å². The summed E-state index contributed by atoms with van der Waals surface area (Å²) < 4.78 is 4.63. The fraction of sp³-hybridized carbons (Fsp3) is 0.467. The van der Waals surface area contributed by atoms with Crippen molar-refractivity contribution in [3.8, 4) is 5.75 Å². The van der Waals surface area contributed by atoms with E-state index in [4.69, 9.17) is 0 Å². The Hall–Kier alpha value is -2.04. The summed E-state index contributed by atoms with van der Waals surface area (Å²) in [5, 5.41) is 9.63. The van der Waals surface area contributed by atoms with Gasteiger partial charge in [0.25, 0.3) is 0 Å². The summed E-state index contributed by atoms with van der Waals surface area (Å²) in [6.07, 6.45) is 0.768. The van der Waals surface area contributed by atoms with E-state index in [9.17, 15) is 14.7 Å². The second-order valence-electron chi connectivity index (χ2n) is 4.83. The van der Waals surface area contributed by atoms with Crippen LogP contribution in [0.25, 0.3) is 0 Å². The van der Waals surface area contributed by atoms with Crippen molar-refractivity contribution in [3.63, 3.8) is 0 Å². The number of carbonyl (C=O) groups excluding carboxylic acids is 2. The number of hydrogen-bond acceptors (Lipinski definition) is 4. The van der Waals surface area contributed by atoms with Crippen LogP contribution in [0.5, 0.6) is 5.75 Å². The minimum Gasteiger partial charge on any atom is -0.508 e. The zero-order valence-corrected chi connectivity index (χ0v) is 12.1. The lowest BCUT2D eigenvalue weighted by Gasteiger charge is -2.20. The number of nitrogens with zero attached hydrogens (tertiary/aromatic N) is 1. The molecule has 0 aliphatic carbocycles. The van der Waals surface area contributed by atoms with Crippen LogP contribution in [0.2, 0.25) is 0 Å². The van der Waals surface area contributed by atoms with Crippen LogP contribution in [0.1, 0.15) is 18.9 Å². The molecule has 1 unspecified atom stereocenters. The molecule has 0 aliphatic heterocycles. The number of phenols is 1. The standard InChI is InChI=1S/C15H21NO4/c1-11(15(19)20-3)10-16(2)14(18)9-8-12-6-4-5-7-13(12)17/h4-7,11,17H,8-10H2,1-3H3. The fourth-order valence-corrected chi connectivity index (χ4v) is 1.94. The van der Waals surface area contributed by atoms with Gasteiger partial charge in [0, 0.05) is 20.0 Å². The Morgan fingerprint density at radius 2 is 2.00 bits per heavy atom. The number of aryl methyl sites for hydroxylation is 1. The maximum atomic E-state index is 12.0. The summed E-state index contributed by atoms with van der Waals surface area (Å²) >= 11 is 0. The summed E-state index contributed by atoms with van der Waals surface area (Å²) in [7, 11) is 2.99. The van der Waals surface area contributed by atoms with E-state index in [1.54, 1.807) is 32.2 Å². The smallest absolute Gasteiger partial charge is 0.310 e. The van der Waals surface area contributed by atoms with Gasteiger partial charge in [0.15, 0.2) is 0 Å². The van der Waals surface area contributed by atoms with Gasteiger partial charge in [0.05, 0.1) is 13.0 Å². The second kappa shape index (κ2) is 7.53. The molecule has 1 atom stereocenters. The highest BCUT2D eigenvalue weighted by Gasteiger charge is 2.18. The van der Waals surface area contributed by atoms with Crippen LogP contribution >= 0.6 is 0 Å². The molecule has 5 heteroatoms. The maximum Gasteiger partial charge on any atom is 0.310 e. The number of benzene rings is 1. The molecule has 0 fully saturated rings. The van der Waals surface area contributed by atoms with Gasteiger partial charge in [-0.05, 0) is 18.1 Å². The Bertz CT molecular complexity index is 473. The number of para-hydroxylation sites is 1. The first-order valence-electron chi connectivity index (χ1n) is 6.54. The molecule has 0 bridgehead atoms. The number of rotatable bonds is 6. The van der Waals surface area contributed by atoms with Crippen molar-refractivity contribution in [3.05, 3.63) is 29.8 Å². The average molecular weight is 279 g/mol. The van der Waals surface area contributed by atoms with Crippen LogP contribution in [-0.4, -0.2) is 42.6 Å². The maximum absolute atomic E-state index is 12.0. The lowest BCUT2D eigenvalue weighted by molar-refractivity contribution is -0.146. The number of methoxy groups -OCH3 is 1. The number of amides is 1. The number of hydrogen-bond donors (Lipinski definition) is 1. The molecule has 0 saturated carbocycles. The molecule has 110 valence electrons. The molecule has 0 radical (unpaired) electrons. The van der Waals surface area contributed by atoms with Crippen molar-refractivity contribution in [1.29, 1.82) is 0 Å². The SMILES string of the molecule is COC(=O)C(C)CN(C)C(=O)CCc1ccccc1O. The van der Waals surface area contributed by atoms with Gasteiger partial charge in [-0.15, -0.1) is 0 Å². The van der Waals surface area contributed by atoms with Gasteiger partial charge >= 0.3 is 5.97 Å². The van der Waals surface area contributed by atoms with Crippen LogP contribution in [0.4, 0.5) is 0 Å². The van der Waals surface area contributed by atoms with Crippen LogP contribution in [0.15, 0.2) is 24.3 Å². The first-order chi connectivity index (χ1) is 9.45. The molecular formula is C15H21NO4. The van der Waals surface area contributed by atoms with Crippen molar-refractivity contribution < 1.29 is 19.4 Å². The molecule has 0 aliphatic rings. The Kier molecular flexibility index (Phi) is 6.03. The first-order valence-corrected chi connectivity index (χ1v) is 6.54. The third kappa shape index (κ3) is 4.57. The molecule has 0 saturated heterocycles. The average Bonchev–Trinajstić information content (AvgIpc) is 2.44. The predicted molar refractivity (Wildman–Crippen MR) is 75.2 cm³/mol. The second-order valence-corrected chi connectivity index (χ2v) is 4.83. The van der Waals surface area contributed by atoms with Gasteiger partial charge in [-0.1, -0.05) is 25.1 Å². The van der Waals surface area contributed by atoms with Gasteiger partial charge in [0.2, 0.25) is 5.91 Å². The van der Waals surface area contributed by atoms with Crippen molar-refractivity contribution in [2.45, 2.75) is 19.8 Å². The van der Waals surface area contributed by atoms with Crippen LogP contribution in [-0.2, 0) is 20.7 Å². The molecule has 0 spiro atoms. The van der Waals surface area contributed by atoms with Crippen LogP contribution in [0, 0.1) is 5.92 Å². The number of ether oxygens (including phenoxy) is 1. The van der Waals surface area contributed by atoms with Gasteiger partial charge < -0.3 is 14.7 Å². The minimum atomic E-state index is -0.348. The Balaban J connectivity index is 2.46. The van der Waals surface area contributed by atoms with E-state index in [2.05, 4.69) is 4.74 Å². The normalized spacial score (nSPS) is 11.8. The van der Waals surface area contributed by atoms with E-state index in [1.165, 1.54) is 12.0 Å². The van der Waals surface area contributed by atoms with E-state index in [-0.39, 0.29) is 23.5 Å². The highest BCUT2D eigenvalue weighted by molar-refractivity contribution is 5.78. The Labute approximate surface area is 119 Å². The summed E-state index contributed by atoms with van der Waals surface area (Å²) in [6.45, 7) is 2.05. The van der Waals surface area contributed by atoms with E-state index in [1.807, 2.05) is 6.07 Å². The molecule has 1 amide bonds. The van der Waals surface area contributed by atoms with Crippen molar-refractivity contribution >= 4 is 11.9 Å². The topological polar surface area (TPSA) is 66.8 Å². The molecule has 5 nitrogen and oxygen atoms in total. The van der Waals surface area contributed by atoms with Gasteiger partial charge in [0.1, 0.15) is 5.75 Å². The van der Waals surface area contributed by atoms with Gasteiger partial charge in [-0.3, -0.25) is 9.59 Å². The molecule has 1 aromatic carbocycles. The summed E-state index contributed by atoms with van der Waals surface area (Å²) in [4.78, 5) is 24.8. The molecule has 1 rings (SSSR count). The molecule has 0 heterocycles. The molecule has 20 heavy (non-hydrogen) atoms. The Morgan fingerprint density at radius 3 is 2.60 bits per heavy atom. The molecule has 1 N–H and O–H groups in total. The van der Waals surface area contributed by atoms with E-state index in [0.29, 0.717) is 19.4 Å². The van der Waals surface area contributed by atoms with Gasteiger partial charge in [-0.2, -0.15) is 0 Å². The number of carbonyl (C=O) groups is 2. The number of phenolic OH excluding ortho intramolecular Hbond substituents is 1. The van der Waals surface area contributed by atoms with Crippen LogP contribution < -0.4 is 0 Å². The summed E-state index contributed by atoms with van der Waals surface area (Å²) in [5.74, 6) is -0.542. The van der Waals surface area contributed by atoms with Gasteiger partial charge in [-0.25, -0.2) is 0 Å². The summed E-state index contributed by atoms with van der Waals surface area (Å²) in [5.41, 5.74) is 0.746. The van der Waals surface area contributed by atoms with Crippen molar-refractivity contribution in [2.24, 2.45) is 5.92 Å². The highest BCUT2D eigenvalue weighted by Crippen LogP contribution is 2.17. The predicted octanol–water partition coefficient (Wildman–Crippen LogP) is 1.59.